The Labute approximate surface area is 100 Å². The van der Waals surface area contributed by atoms with Crippen LogP contribution in [0.3, 0.4) is 0 Å². The highest BCUT2D eigenvalue weighted by Crippen LogP contribution is 2.20. The molecule has 0 radical (unpaired) electrons. The molecule has 0 unspecified atom stereocenters. The number of guanidine groups is 1. The van der Waals surface area contributed by atoms with Crippen LogP contribution in [-0.4, -0.2) is 41.0 Å². The van der Waals surface area contributed by atoms with Crippen molar-refractivity contribution in [2.75, 3.05) is 25.5 Å². The lowest BCUT2D eigenvalue weighted by molar-refractivity contribution is 0.451. The van der Waals surface area contributed by atoms with Gasteiger partial charge < -0.3 is 16.0 Å². The molecular formula is C11H16N6. The maximum atomic E-state index is 7.35. The fraction of sp³-hybridized carbons (Fsp3) is 0.364. The Balaban J connectivity index is 2.10. The topological polar surface area (TPSA) is 90.9 Å². The van der Waals surface area contributed by atoms with Gasteiger partial charge in [-0.15, -0.1) is 0 Å². The van der Waals surface area contributed by atoms with Gasteiger partial charge in [-0.3, -0.25) is 10.4 Å². The number of nitrogens with one attached hydrogen (secondary N) is 2. The average molecular weight is 232 g/mol. The standard InChI is InChI=1S/C11H16N6/c1-14-10-7-15-9(6-16-10)8-2-4-17(5-3-8)11(12)13/h2,6-7H,3-5H2,1H3,(H3,12,13)(H,14,16). The minimum absolute atomic E-state index is 0.122. The largest absolute Gasteiger partial charge is 0.372 e. The SMILES string of the molecule is CNc1cnc(C2=CCN(C(=N)N)CC2)cn1. The van der Waals surface area contributed by atoms with Crippen molar-refractivity contribution in [3.05, 3.63) is 24.2 Å². The molecule has 6 nitrogen and oxygen atoms in total. The van der Waals surface area contributed by atoms with Crippen LogP contribution in [0.2, 0.25) is 0 Å². The summed E-state index contributed by atoms with van der Waals surface area (Å²) in [4.78, 5) is 10.4. The monoisotopic (exact) mass is 232 g/mol. The van der Waals surface area contributed by atoms with Gasteiger partial charge in [-0.05, 0) is 12.0 Å². The van der Waals surface area contributed by atoms with E-state index in [1.165, 1.54) is 0 Å². The molecule has 1 aromatic rings. The molecule has 0 amide bonds. The van der Waals surface area contributed by atoms with Gasteiger partial charge in [0.1, 0.15) is 5.82 Å². The molecule has 90 valence electrons. The molecule has 17 heavy (non-hydrogen) atoms. The Kier molecular flexibility index (Phi) is 3.22. The van der Waals surface area contributed by atoms with Crippen LogP contribution in [-0.2, 0) is 0 Å². The third-order valence-electron chi connectivity index (χ3n) is 2.79. The third-order valence-corrected chi connectivity index (χ3v) is 2.79. The summed E-state index contributed by atoms with van der Waals surface area (Å²) in [5.74, 6) is 0.882. The first-order valence-corrected chi connectivity index (χ1v) is 5.49. The zero-order valence-corrected chi connectivity index (χ0v) is 9.77. The van der Waals surface area contributed by atoms with Gasteiger partial charge in [-0.1, -0.05) is 6.08 Å². The van der Waals surface area contributed by atoms with E-state index in [0.717, 1.165) is 30.1 Å². The molecular weight excluding hydrogens is 216 g/mol. The number of hydrogen-bond acceptors (Lipinski definition) is 4. The second-order valence-electron chi connectivity index (χ2n) is 3.85. The lowest BCUT2D eigenvalue weighted by atomic mass is 10.1. The Bertz CT molecular complexity index is 436. The van der Waals surface area contributed by atoms with Crippen LogP contribution in [0.5, 0.6) is 0 Å². The summed E-state index contributed by atoms with van der Waals surface area (Å²) in [6.45, 7) is 1.43. The molecule has 1 aliphatic rings. The summed E-state index contributed by atoms with van der Waals surface area (Å²) in [6.07, 6.45) is 6.37. The highest BCUT2D eigenvalue weighted by Gasteiger charge is 2.14. The first-order chi connectivity index (χ1) is 8.20. The molecule has 4 N–H and O–H groups in total. The van der Waals surface area contributed by atoms with Crippen molar-refractivity contribution in [2.45, 2.75) is 6.42 Å². The van der Waals surface area contributed by atoms with Crippen molar-refractivity contribution in [1.82, 2.24) is 14.9 Å². The van der Waals surface area contributed by atoms with E-state index in [0.29, 0.717) is 6.54 Å². The Morgan fingerprint density at radius 1 is 1.47 bits per heavy atom. The van der Waals surface area contributed by atoms with Crippen molar-refractivity contribution in [3.8, 4) is 0 Å². The van der Waals surface area contributed by atoms with Crippen LogP contribution in [0.25, 0.3) is 5.57 Å². The van der Waals surface area contributed by atoms with E-state index in [-0.39, 0.29) is 5.96 Å². The fourth-order valence-electron chi connectivity index (χ4n) is 1.74. The van der Waals surface area contributed by atoms with Crippen LogP contribution in [0.15, 0.2) is 18.5 Å². The molecule has 6 heteroatoms. The van der Waals surface area contributed by atoms with Gasteiger partial charge in [0.05, 0.1) is 18.1 Å². The first kappa shape index (κ1) is 11.4. The zero-order valence-electron chi connectivity index (χ0n) is 9.77. The quantitative estimate of drug-likeness (QED) is 0.510. The molecule has 0 bridgehead atoms. The van der Waals surface area contributed by atoms with E-state index >= 15 is 0 Å². The van der Waals surface area contributed by atoms with E-state index < -0.39 is 0 Å². The van der Waals surface area contributed by atoms with Crippen LogP contribution < -0.4 is 11.1 Å². The smallest absolute Gasteiger partial charge is 0.188 e. The van der Waals surface area contributed by atoms with Crippen molar-refractivity contribution in [3.63, 3.8) is 0 Å². The van der Waals surface area contributed by atoms with Gasteiger partial charge in [0.25, 0.3) is 0 Å². The number of aromatic nitrogens is 2. The molecule has 0 spiro atoms. The van der Waals surface area contributed by atoms with Crippen molar-refractivity contribution < 1.29 is 0 Å². The minimum atomic E-state index is 0.122. The van der Waals surface area contributed by atoms with Gasteiger partial charge in [-0.25, -0.2) is 4.98 Å². The van der Waals surface area contributed by atoms with Gasteiger partial charge in [-0.2, -0.15) is 0 Å². The summed E-state index contributed by atoms with van der Waals surface area (Å²) < 4.78 is 0. The maximum absolute atomic E-state index is 7.35. The molecule has 2 rings (SSSR count). The van der Waals surface area contributed by atoms with E-state index in [4.69, 9.17) is 11.1 Å². The summed E-state index contributed by atoms with van der Waals surface area (Å²) in [6, 6.07) is 0. The second kappa shape index (κ2) is 4.82. The molecule has 0 atom stereocenters. The molecule has 0 saturated heterocycles. The van der Waals surface area contributed by atoms with Gasteiger partial charge in [0, 0.05) is 20.1 Å². The molecule has 0 fully saturated rings. The number of rotatable bonds is 2. The van der Waals surface area contributed by atoms with Gasteiger partial charge >= 0.3 is 0 Å². The number of nitrogens with zero attached hydrogens (tertiary/aromatic N) is 3. The number of hydrogen-bond donors (Lipinski definition) is 3. The Morgan fingerprint density at radius 3 is 2.76 bits per heavy atom. The number of nitrogens with two attached hydrogens (primary N) is 1. The normalized spacial score (nSPS) is 15.4. The van der Waals surface area contributed by atoms with E-state index in [1.54, 1.807) is 12.4 Å². The third kappa shape index (κ3) is 2.52. The van der Waals surface area contributed by atoms with E-state index in [2.05, 4.69) is 15.3 Å². The number of anilines is 1. The molecule has 1 aromatic heterocycles. The molecule has 1 aliphatic heterocycles. The second-order valence-corrected chi connectivity index (χ2v) is 3.85. The van der Waals surface area contributed by atoms with E-state index in [9.17, 15) is 0 Å². The Hall–Kier alpha value is -2.11. The van der Waals surface area contributed by atoms with Gasteiger partial charge in [0.15, 0.2) is 5.96 Å². The summed E-state index contributed by atoms with van der Waals surface area (Å²) in [5, 5.41) is 10.3. The summed E-state index contributed by atoms with van der Waals surface area (Å²) in [7, 11) is 1.81. The highest BCUT2D eigenvalue weighted by atomic mass is 15.2. The molecule has 0 aromatic carbocycles. The van der Waals surface area contributed by atoms with Crippen LogP contribution >= 0.6 is 0 Å². The molecule has 0 aliphatic carbocycles. The van der Waals surface area contributed by atoms with Crippen LogP contribution in [0.4, 0.5) is 5.82 Å². The lowest BCUT2D eigenvalue weighted by Crippen LogP contribution is -2.39. The minimum Gasteiger partial charge on any atom is -0.372 e. The van der Waals surface area contributed by atoms with Crippen LogP contribution in [0, 0.1) is 5.41 Å². The zero-order chi connectivity index (χ0) is 12.3. The first-order valence-electron chi connectivity index (χ1n) is 5.49. The average Bonchev–Trinajstić information content (AvgIpc) is 2.39. The Morgan fingerprint density at radius 2 is 2.29 bits per heavy atom. The summed E-state index contributed by atoms with van der Waals surface area (Å²) in [5.41, 5.74) is 7.49. The van der Waals surface area contributed by atoms with Gasteiger partial charge in [0.2, 0.25) is 0 Å². The lowest BCUT2D eigenvalue weighted by Gasteiger charge is -2.26. The predicted molar refractivity (Wildman–Crippen MR) is 67.7 cm³/mol. The van der Waals surface area contributed by atoms with Crippen molar-refractivity contribution >= 4 is 17.4 Å². The van der Waals surface area contributed by atoms with Crippen molar-refractivity contribution in [2.24, 2.45) is 5.73 Å². The van der Waals surface area contributed by atoms with E-state index in [1.807, 2.05) is 18.0 Å². The maximum Gasteiger partial charge on any atom is 0.188 e. The molecule has 2 heterocycles. The van der Waals surface area contributed by atoms with Crippen LogP contribution in [0.1, 0.15) is 12.1 Å². The summed E-state index contributed by atoms with van der Waals surface area (Å²) >= 11 is 0. The predicted octanol–water partition coefficient (Wildman–Crippen LogP) is 0.501. The highest BCUT2D eigenvalue weighted by molar-refractivity contribution is 5.76. The van der Waals surface area contributed by atoms with Crippen molar-refractivity contribution in [1.29, 1.82) is 5.41 Å². The fourth-order valence-corrected chi connectivity index (χ4v) is 1.74. The molecule has 0 saturated carbocycles.